The lowest BCUT2D eigenvalue weighted by atomic mass is 9.99. The Morgan fingerprint density at radius 3 is 2.54 bits per heavy atom. The van der Waals surface area contributed by atoms with Crippen LogP contribution in [0.3, 0.4) is 0 Å². The van der Waals surface area contributed by atoms with E-state index in [0.717, 1.165) is 55.6 Å². The average molecular weight is 356 g/mol. The van der Waals surface area contributed by atoms with E-state index in [1.54, 1.807) is 20.5 Å². The summed E-state index contributed by atoms with van der Waals surface area (Å²) in [5, 5.41) is 3.40. The van der Waals surface area contributed by atoms with E-state index in [1.807, 2.05) is 6.07 Å². The molecule has 3 rings (SSSR count). The number of aromatic nitrogens is 2. The molecule has 0 spiro atoms. The van der Waals surface area contributed by atoms with E-state index in [9.17, 15) is 0 Å². The first-order valence-electron chi connectivity index (χ1n) is 9.29. The molecule has 0 aliphatic carbocycles. The van der Waals surface area contributed by atoms with E-state index in [1.165, 1.54) is 24.0 Å². The van der Waals surface area contributed by atoms with Crippen LogP contribution in [0.1, 0.15) is 37.3 Å². The minimum Gasteiger partial charge on any atom is -0.493 e. The molecule has 0 saturated heterocycles. The number of methoxy groups -OCH3 is 2. The highest BCUT2D eigenvalue weighted by Crippen LogP contribution is 2.34. The second kappa shape index (κ2) is 8.74. The SMILES string of the molecule is CCCCCNc1cc(N2CCc3cc(OC)c(OC)cc3C2)ncn1. The molecule has 0 radical (unpaired) electrons. The normalized spacial score (nSPS) is 13.3. The fourth-order valence-corrected chi connectivity index (χ4v) is 3.29. The fraction of sp³-hybridized carbons (Fsp3) is 0.500. The van der Waals surface area contributed by atoms with Gasteiger partial charge in [-0.05, 0) is 36.1 Å². The van der Waals surface area contributed by atoms with E-state index in [2.05, 4.69) is 39.2 Å². The predicted octanol–water partition coefficient (Wildman–Crippen LogP) is 3.66. The van der Waals surface area contributed by atoms with E-state index < -0.39 is 0 Å². The Morgan fingerprint density at radius 1 is 1.04 bits per heavy atom. The molecule has 0 bridgehead atoms. The van der Waals surface area contributed by atoms with E-state index in [4.69, 9.17) is 9.47 Å². The molecule has 1 aliphatic heterocycles. The maximum Gasteiger partial charge on any atom is 0.161 e. The van der Waals surface area contributed by atoms with Crippen molar-refractivity contribution < 1.29 is 9.47 Å². The van der Waals surface area contributed by atoms with Gasteiger partial charge in [0.15, 0.2) is 11.5 Å². The number of nitrogens with zero attached hydrogens (tertiary/aromatic N) is 3. The highest BCUT2D eigenvalue weighted by Gasteiger charge is 2.20. The summed E-state index contributed by atoms with van der Waals surface area (Å²) in [6, 6.07) is 6.20. The highest BCUT2D eigenvalue weighted by atomic mass is 16.5. The van der Waals surface area contributed by atoms with Crippen molar-refractivity contribution in [3.63, 3.8) is 0 Å². The van der Waals surface area contributed by atoms with Gasteiger partial charge in [-0.25, -0.2) is 9.97 Å². The fourth-order valence-electron chi connectivity index (χ4n) is 3.29. The number of nitrogens with one attached hydrogen (secondary N) is 1. The molecule has 0 saturated carbocycles. The summed E-state index contributed by atoms with van der Waals surface area (Å²) >= 11 is 0. The van der Waals surface area contributed by atoms with Crippen LogP contribution >= 0.6 is 0 Å². The first kappa shape index (κ1) is 18.3. The van der Waals surface area contributed by atoms with E-state index >= 15 is 0 Å². The van der Waals surface area contributed by atoms with Gasteiger partial charge in [0.25, 0.3) is 0 Å². The molecule has 6 nitrogen and oxygen atoms in total. The van der Waals surface area contributed by atoms with Gasteiger partial charge in [0, 0.05) is 25.7 Å². The Balaban J connectivity index is 1.72. The zero-order valence-corrected chi connectivity index (χ0v) is 15.9. The first-order chi connectivity index (χ1) is 12.7. The zero-order chi connectivity index (χ0) is 18.4. The predicted molar refractivity (Wildman–Crippen MR) is 104 cm³/mol. The topological polar surface area (TPSA) is 59.5 Å². The number of ether oxygens (including phenoxy) is 2. The molecule has 0 fully saturated rings. The summed E-state index contributed by atoms with van der Waals surface area (Å²) in [4.78, 5) is 11.1. The molecule has 6 heteroatoms. The number of anilines is 2. The van der Waals surface area contributed by atoms with Crippen molar-refractivity contribution in [3.8, 4) is 11.5 Å². The van der Waals surface area contributed by atoms with Crippen LogP contribution in [-0.4, -0.2) is 37.3 Å². The van der Waals surface area contributed by atoms with Crippen LogP contribution in [0.15, 0.2) is 24.5 Å². The van der Waals surface area contributed by atoms with Crippen LogP contribution < -0.4 is 19.7 Å². The smallest absolute Gasteiger partial charge is 0.161 e. The molecule has 1 aromatic carbocycles. The van der Waals surface area contributed by atoms with Gasteiger partial charge < -0.3 is 19.7 Å². The van der Waals surface area contributed by atoms with Gasteiger partial charge in [-0.2, -0.15) is 0 Å². The maximum atomic E-state index is 5.45. The van der Waals surface area contributed by atoms with Gasteiger partial charge >= 0.3 is 0 Å². The number of hydrogen-bond donors (Lipinski definition) is 1. The van der Waals surface area contributed by atoms with Crippen LogP contribution in [0.4, 0.5) is 11.6 Å². The van der Waals surface area contributed by atoms with Gasteiger partial charge in [0.05, 0.1) is 14.2 Å². The van der Waals surface area contributed by atoms with Gasteiger partial charge in [0.2, 0.25) is 0 Å². The molecule has 1 aromatic heterocycles. The second-order valence-electron chi connectivity index (χ2n) is 6.54. The minimum atomic E-state index is 0.772. The summed E-state index contributed by atoms with van der Waals surface area (Å²) in [6.07, 6.45) is 6.21. The van der Waals surface area contributed by atoms with Crippen molar-refractivity contribution >= 4 is 11.6 Å². The van der Waals surface area contributed by atoms with Gasteiger partial charge in [-0.15, -0.1) is 0 Å². The highest BCUT2D eigenvalue weighted by molar-refractivity contribution is 5.54. The molecule has 26 heavy (non-hydrogen) atoms. The maximum absolute atomic E-state index is 5.45. The summed E-state index contributed by atoms with van der Waals surface area (Å²) in [5.41, 5.74) is 2.57. The summed E-state index contributed by atoms with van der Waals surface area (Å²) in [7, 11) is 3.35. The Hall–Kier alpha value is -2.50. The number of fused-ring (bicyclic) bond motifs is 1. The van der Waals surface area contributed by atoms with E-state index in [-0.39, 0.29) is 0 Å². The third kappa shape index (κ3) is 4.18. The zero-order valence-electron chi connectivity index (χ0n) is 15.9. The van der Waals surface area contributed by atoms with Crippen LogP contribution in [0.2, 0.25) is 0 Å². The number of unbranched alkanes of at least 4 members (excludes halogenated alkanes) is 2. The molecule has 1 N–H and O–H groups in total. The molecule has 0 amide bonds. The Labute approximate surface area is 155 Å². The van der Waals surface area contributed by atoms with Gasteiger partial charge in [0.1, 0.15) is 18.0 Å². The number of hydrogen-bond acceptors (Lipinski definition) is 6. The van der Waals surface area contributed by atoms with Crippen molar-refractivity contribution in [1.29, 1.82) is 0 Å². The third-order valence-electron chi connectivity index (χ3n) is 4.78. The van der Waals surface area contributed by atoms with E-state index in [0.29, 0.717) is 0 Å². The largest absolute Gasteiger partial charge is 0.493 e. The van der Waals surface area contributed by atoms with Crippen LogP contribution in [0.5, 0.6) is 11.5 Å². The Bertz CT molecular complexity index is 736. The third-order valence-corrected chi connectivity index (χ3v) is 4.78. The van der Waals surface area contributed by atoms with Crippen molar-refractivity contribution in [2.24, 2.45) is 0 Å². The molecular formula is C20H28N4O2. The molecule has 2 aromatic rings. The number of rotatable bonds is 8. The summed E-state index contributed by atoms with van der Waals surface area (Å²) in [5.74, 6) is 3.41. The Morgan fingerprint density at radius 2 is 1.81 bits per heavy atom. The van der Waals surface area contributed by atoms with Crippen molar-refractivity contribution in [3.05, 3.63) is 35.7 Å². The summed E-state index contributed by atoms with van der Waals surface area (Å²) < 4.78 is 10.9. The Kier molecular flexibility index (Phi) is 6.15. The molecule has 0 unspecified atom stereocenters. The van der Waals surface area contributed by atoms with Gasteiger partial charge in [-0.3, -0.25) is 0 Å². The molecule has 140 valence electrons. The lowest BCUT2D eigenvalue weighted by Gasteiger charge is -2.30. The van der Waals surface area contributed by atoms with Gasteiger partial charge in [-0.1, -0.05) is 19.8 Å². The summed E-state index contributed by atoms with van der Waals surface area (Å²) in [6.45, 7) is 4.89. The van der Waals surface area contributed by atoms with Crippen LogP contribution in [0, 0.1) is 0 Å². The van der Waals surface area contributed by atoms with Crippen molar-refractivity contribution in [2.75, 3.05) is 37.5 Å². The van der Waals surface area contributed by atoms with Crippen LogP contribution in [0.25, 0.3) is 0 Å². The van der Waals surface area contributed by atoms with Crippen molar-refractivity contribution in [1.82, 2.24) is 9.97 Å². The molecular weight excluding hydrogens is 328 g/mol. The van der Waals surface area contributed by atoms with Crippen molar-refractivity contribution in [2.45, 2.75) is 39.2 Å². The lowest BCUT2D eigenvalue weighted by Crippen LogP contribution is -2.31. The quantitative estimate of drug-likeness (QED) is 0.729. The molecule has 0 atom stereocenters. The van der Waals surface area contributed by atoms with Crippen LogP contribution in [-0.2, 0) is 13.0 Å². The monoisotopic (exact) mass is 356 g/mol. The first-order valence-corrected chi connectivity index (χ1v) is 9.29. The minimum absolute atomic E-state index is 0.772. The lowest BCUT2D eigenvalue weighted by molar-refractivity contribution is 0.353. The second-order valence-corrected chi connectivity index (χ2v) is 6.54. The standard InChI is InChI=1S/C20H28N4O2/c1-4-5-6-8-21-19-12-20(23-14-22-19)24-9-7-15-10-17(25-2)18(26-3)11-16(15)13-24/h10-12,14H,4-9,13H2,1-3H3,(H,21,22,23). The molecule has 1 aliphatic rings. The molecule has 2 heterocycles. The number of benzene rings is 1. The average Bonchev–Trinajstić information content (AvgIpc) is 2.70.